The van der Waals surface area contributed by atoms with Crippen molar-refractivity contribution in [3.8, 4) is 11.4 Å². The Hall–Kier alpha value is -1.55. The molecule has 0 aliphatic heterocycles. The molecule has 2 rings (SSSR count). The molecule has 0 atom stereocenters. The fraction of sp³-hybridized carbons (Fsp3) is 0.182. The molecule has 2 aromatic rings. The first-order chi connectivity index (χ1) is 7.74. The number of ether oxygens (including phenoxy) is 1. The average molecular weight is 241 g/mol. The highest BCUT2D eigenvalue weighted by molar-refractivity contribution is 6.16. The van der Waals surface area contributed by atoms with E-state index in [0.717, 1.165) is 11.4 Å². The molecule has 1 aromatic carbocycles. The molecule has 0 fully saturated rings. The van der Waals surface area contributed by atoms with E-state index in [4.69, 9.17) is 16.3 Å². The fourth-order valence-electron chi connectivity index (χ4n) is 1.37. The zero-order chi connectivity index (χ0) is 11.5. The van der Waals surface area contributed by atoms with Crippen LogP contribution in [0.25, 0.3) is 5.69 Å². The van der Waals surface area contributed by atoms with E-state index >= 15 is 0 Å². The fourth-order valence-corrected chi connectivity index (χ4v) is 1.51. The summed E-state index contributed by atoms with van der Waals surface area (Å²) < 4.78 is 19.7. The predicted octanol–water partition coefficient (Wildman–Crippen LogP) is 2.76. The summed E-state index contributed by atoms with van der Waals surface area (Å²) in [5.74, 6) is 0.155. The first-order valence-corrected chi connectivity index (χ1v) is 5.22. The Morgan fingerprint density at radius 1 is 1.44 bits per heavy atom. The Balaban J connectivity index is 2.40. The van der Waals surface area contributed by atoms with Crippen molar-refractivity contribution in [2.24, 2.45) is 0 Å². The van der Waals surface area contributed by atoms with Gasteiger partial charge in [-0.05, 0) is 18.2 Å². The molecule has 0 aliphatic rings. The highest BCUT2D eigenvalue weighted by Crippen LogP contribution is 2.20. The monoisotopic (exact) mass is 240 g/mol. The Morgan fingerprint density at radius 2 is 2.25 bits per heavy atom. The summed E-state index contributed by atoms with van der Waals surface area (Å²) in [6.07, 6.45) is 1.77. The van der Waals surface area contributed by atoms with Gasteiger partial charge in [0.2, 0.25) is 0 Å². The third-order valence-electron chi connectivity index (χ3n) is 2.18. The van der Waals surface area contributed by atoms with Crippen LogP contribution in [-0.4, -0.2) is 16.9 Å². The molecule has 16 heavy (non-hydrogen) atoms. The van der Waals surface area contributed by atoms with Crippen LogP contribution < -0.4 is 4.74 Å². The van der Waals surface area contributed by atoms with Crippen molar-refractivity contribution in [1.82, 2.24) is 9.78 Å². The van der Waals surface area contributed by atoms with Crippen molar-refractivity contribution in [3.05, 3.63) is 42.0 Å². The van der Waals surface area contributed by atoms with E-state index in [-0.39, 0.29) is 5.75 Å². The summed E-state index contributed by atoms with van der Waals surface area (Å²) in [6, 6.07) is 6.36. The van der Waals surface area contributed by atoms with Crippen LogP contribution in [0.2, 0.25) is 0 Å². The third kappa shape index (κ3) is 2.02. The zero-order valence-corrected chi connectivity index (χ0v) is 9.41. The molecule has 0 aliphatic carbocycles. The van der Waals surface area contributed by atoms with Gasteiger partial charge in [0.05, 0.1) is 24.4 Å². The number of aromatic nitrogens is 2. The number of alkyl halides is 1. The lowest BCUT2D eigenvalue weighted by Gasteiger charge is -2.05. The van der Waals surface area contributed by atoms with E-state index in [1.165, 1.54) is 13.2 Å². The van der Waals surface area contributed by atoms with Gasteiger partial charge in [-0.25, -0.2) is 9.07 Å². The van der Waals surface area contributed by atoms with Gasteiger partial charge in [0, 0.05) is 12.3 Å². The van der Waals surface area contributed by atoms with E-state index in [9.17, 15) is 4.39 Å². The third-order valence-corrected chi connectivity index (χ3v) is 2.45. The molecule has 0 saturated heterocycles. The number of benzene rings is 1. The Labute approximate surface area is 97.4 Å². The van der Waals surface area contributed by atoms with Gasteiger partial charge in [0.1, 0.15) is 0 Å². The van der Waals surface area contributed by atoms with Crippen molar-refractivity contribution < 1.29 is 9.13 Å². The standard InChI is InChI=1S/C11H10ClFN2O/c1-16-11-6-9(2-3-10(11)13)15-5-4-8(7-12)14-15/h2-6H,7H2,1H3. The topological polar surface area (TPSA) is 27.1 Å². The Morgan fingerprint density at radius 3 is 2.88 bits per heavy atom. The van der Waals surface area contributed by atoms with Crippen LogP contribution in [0.4, 0.5) is 4.39 Å². The largest absolute Gasteiger partial charge is 0.494 e. The normalized spacial score (nSPS) is 10.4. The summed E-state index contributed by atoms with van der Waals surface area (Å²) in [6.45, 7) is 0. The maximum absolute atomic E-state index is 13.2. The SMILES string of the molecule is COc1cc(-n2ccc(CCl)n2)ccc1F. The van der Waals surface area contributed by atoms with Crippen LogP contribution in [0.3, 0.4) is 0 Å². The molecular weight excluding hydrogens is 231 g/mol. The maximum atomic E-state index is 13.2. The lowest BCUT2D eigenvalue weighted by molar-refractivity contribution is 0.386. The second-order valence-electron chi connectivity index (χ2n) is 3.20. The summed E-state index contributed by atoms with van der Waals surface area (Å²) in [5.41, 5.74) is 1.50. The molecule has 0 saturated carbocycles. The van der Waals surface area contributed by atoms with Crippen molar-refractivity contribution in [1.29, 1.82) is 0 Å². The molecule has 0 bridgehead atoms. The molecule has 0 amide bonds. The van der Waals surface area contributed by atoms with Crippen LogP contribution >= 0.6 is 11.6 Å². The van der Waals surface area contributed by atoms with Crippen molar-refractivity contribution in [2.45, 2.75) is 5.88 Å². The number of rotatable bonds is 3. The van der Waals surface area contributed by atoms with E-state index in [1.54, 1.807) is 23.0 Å². The minimum Gasteiger partial charge on any atom is -0.494 e. The lowest BCUT2D eigenvalue weighted by Crippen LogP contribution is -1.97. The number of hydrogen-bond acceptors (Lipinski definition) is 2. The maximum Gasteiger partial charge on any atom is 0.165 e. The smallest absolute Gasteiger partial charge is 0.165 e. The second kappa shape index (κ2) is 4.53. The molecular formula is C11H10ClFN2O. The second-order valence-corrected chi connectivity index (χ2v) is 3.47. The van der Waals surface area contributed by atoms with E-state index in [0.29, 0.717) is 5.88 Å². The van der Waals surface area contributed by atoms with E-state index in [1.807, 2.05) is 6.07 Å². The summed E-state index contributed by atoms with van der Waals surface area (Å²) in [4.78, 5) is 0. The average Bonchev–Trinajstić information content (AvgIpc) is 2.78. The molecule has 5 heteroatoms. The van der Waals surface area contributed by atoms with Crippen LogP contribution in [-0.2, 0) is 5.88 Å². The first kappa shape index (κ1) is 11.0. The highest BCUT2D eigenvalue weighted by Gasteiger charge is 2.06. The van der Waals surface area contributed by atoms with E-state index in [2.05, 4.69) is 5.10 Å². The van der Waals surface area contributed by atoms with Gasteiger partial charge in [-0.3, -0.25) is 0 Å². The van der Waals surface area contributed by atoms with Gasteiger partial charge in [0.25, 0.3) is 0 Å². The minimum absolute atomic E-state index is 0.195. The van der Waals surface area contributed by atoms with Gasteiger partial charge in [-0.1, -0.05) is 0 Å². The predicted molar refractivity (Wildman–Crippen MR) is 59.6 cm³/mol. The van der Waals surface area contributed by atoms with Gasteiger partial charge < -0.3 is 4.74 Å². The number of halogens is 2. The van der Waals surface area contributed by atoms with Gasteiger partial charge in [-0.2, -0.15) is 5.10 Å². The molecule has 0 spiro atoms. The van der Waals surface area contributed by atoms with Crippen molar-refractivity contribution in [3.63, 3.8) is 0 Å². The van der Waals surface area contributed by atoms with Crippen LogP contribution in [0.15, 0.2) is 30.5 Å². The van der Waals surface area contributed by atoms with Gasteiger partial charge in [0.15, 0.2) is 11.6 Å². The summed E-state index contributed by atoms with van der Waals surface area (Å²) in [5, 5.41) is 4.21. The highest BCUT2D eigenvalue weighted by atomic mass is 35.5. The zero-order valence-electron chi connectivity index (χ0n) is 8.65. The van der Waals surface area contributed by atoms with E-state index < -0.39 is 5.82 Å². The lowest BCUT2D eigenvalue weighted by atomic mass is 10.3. The number of hydrogen-bond donors (Lipinski definition) is 0. The van der Waals surface area contributed by atoms with Gasteiger partial charge in [-0.15, -0.1) is 11.6 Å². The van der Waals surface area contributed by atoms with Crippen molar-refractivity contribution in [2.75, 3.05) is 7.11 Å². The number of nitrogens with zero attached hydrogens (tertiary/aromatic N) is 2. The summed E-state index contributed by atoms with van der Waals surface area (Å²) >= 11 is 5.65. The quantitative estimate of drug-likeness (QED) is 0.772. The summed E-state index contributed by atoms with van der Waals surface area (Å²) in [7, 11) is 1.43. The molecule has 1 aromatic heterocycles. The van der Waals surface area contributed by atoms with Gasteiger partial charge >= 0.3 is 0 Å². The van der Waals surface area contributed by atoms with Crippen LogP contribution in [0, 0.1) is 5.82 Å². The molecule has 0 N–H and O–H groups in total. The molecule has 0 unspecified atom stereocenters. The molecule has 0 radical (unpaired) electrons. The van der Waals surface area contributed by atoms with Crippen molar-refractivity contribution >= 4 is 11.6 Å². The Bertz CT molecular complexity index is 498. The molecule has 1 heterocycles. The first-order valence-electron chi connectivity index (χ1n) is 4.69. The van der Waals surface area contributed by atoms with Crippen LogP contribution in [0.1, 0.15) is 5.69 Å². The molecule has 3 nitrogen and oxygen atoms in total. The Kier molecular flexibility index (Phi) is 3.10. The number of methoxy groups -OCH3 is 1. The van der Waals surface area contributed by atoms with Crippen LogP contribution in [0.5, 0.6) is 5.75 Å². The molecule has 84 valence electrons. The minimum atomic E-state index is -0.393.